The topological polar surface area (TPSA) is 297 Å². The first-order chi connectivity index (χ1) is 32.4. The van der Waals surface area contributed by atoms with Crippen LogP contribution in [0.3, 0.4) is 0 Å². The second-order valence-electron chi connectivity index (χ2n) is 16.4. The summed E-state index contributed by atoms with van der Waals surface area (Å²) in [7, 11) is 1.44. The van der Waals surface area contributed by atoms with E-state index in [0.29, 0.717) is 64.0 Å². The molecule has 23 nitrogen and oxygen atoms in total. The number of aryl methyl sites for hydroxylation is 2. The molecule has 7 aromatic rings. The molecule has 0 radical (unpaired) electrons. The van der Waals surface area contributed by atoms with Gasteiger partial charge in [0, 0.05) is 61.9 Å². The Bertz CT molecular complexity index is 3040. The van der Waals surface area contributed by atoms with Crippen LogP contribution in [0.5, 0.6) is 11.5 Å². The Morgan fingerprint density at radius 2 is 1.36 bits per heavy atom. The SMILES string of the molecule is COc1cc(C(N)=O)cc2nc(NC(=O)c3cc(C)on3)n(C/C=C/Cn3c(NC(=O)c4cc(C)on4)nc4cc(C(N)=O)cc(OCCCN5CCC(c6nnc7n6CCNC7)CC5)c43)c12. The number of nitrogens with zero attached hydrogens (tertiary/aromatic N) is 10. The number of likely N-dealkylation sites (tertiary alicyclic amines) is 1. The number of aromatic nitrogens is 9. The molecule has 0 atom stereocenters. The van der Waals surface area contributed by atoms with Crippen molar-refractivity contribution in [3.05, 3.63) is 94.2 Å². The van der Waals surface area contributed by atoms with E-state index in [9.17, 15) is 19.2 Å². The molecule has 9 rings (SSSR count). The molecule has 0 bridgehead atoms. The van der Waals surface area contributed by atoms with Crippen LogP contribution in [-0.4, -0.2) is 113 Å². The van der Waals surface area contributed by atoms with Gasteiger partial charge in [-0.15, -0.1) is 10.2 Å². The number of nitrogens with one attached hydrogen (secondary N) is 3. The van der Waals surface area contributed by atoms with Gasteiger partial charge in [0.05, 0.1) is 31.3 Å². The number of allylic oxidation sites excluding steroid dienone is 2. The van der Waals surface area contributed by atoms with Crippen molar-refractivity contribution < 1.29 is 37.7 Å². The van der Waals surface area contributed by atoms with Gasteiger partial charge in [-0.1, -0.05) is 22.5 Å². The Labute approximate surface area is 381 Å². The summed E-state index contributed by atoms with van der Waals surface area (Å²) in [5.74, 6) is 1.71. The van der Waals surface area contributed by atoms with Crippen LogP contribution < -0.4 is 36.9 Å². The zero-order chi connectivity index (χ0) is 46.8. The lowest BCUT2D eigenvalue weighted by atomic mass is 9.95. The molecule has 0 spiro atoms. The Morgan fingerprint density at radius 3 is 1.90 bits per heavy atom. The van der Waals surface area contributed by atoms with E-state index in [1.54, 1.807) is 35.1 Å². The number of carbonyl (C=O) groups excluding carboxylic acids is 4. The molecule has 4 amide bonds. The smallest absolute Gasteiger partial charge is 0.280 e. The Hall–Kier alpha value is -7.92. The highest BCUT2D eigenvalue weighted by Crippen LogP contribution is 2.34. The third-order valence-electron chi connectivity index (χ3n) is 11.8. The van der Waals surface area contributed by atoms with Gasteiger partial charge < -0.3 is 53.9 Å². The maximum absolute atomic E-state index is 13.5. The number of carbonyl (C=O) groups is 4. The summed E-state index contributed by atoms with van der Waals surface area (Å²) in [5.41, 5.74) is 13.5. The number of piperidine rings is 1. The molecule has 0 aliphatic carbocycles. The van der Waals surface area contributed by atoms with Crippen LogP contribution in [0.1, 0.15) is 90.0 Å². The van der Waals surface area contributed by atoms with Crippen LogP contribution in [0.4, 0.5) is 11.9 Å². The predicted molar refractivity (Wildman–Crippen MR) is 241 cm³/mol. The Kier molecular flexibility index (Phi) is 12.5. The fourth-order valence-corrected chi connectivity index (χ4v) is 8.50. The van der Waals surface area contributed by atoms with Crippen molar-refractivity contribution in [3.8, 4) is 11.5 Å². The monoisotopic (exact) mass is 915 g/mol. The normalized spacial score (nSPS) is 14.5. The summed E-state index contributed by atoms with van der Waals surface area (Å²) in [6, 6.07) is 9.12. The first-order valence-corrected chi connectivity index (χ1v) is 21.8. The fourth-order valence-electron chi connectivity index (χ4n) is 8.50. The molecule has 7 N–H and O–H groups in total. The van der Waals surface area contributed by atoms with Crippen molar-refractivity contribution in [1.29, 1.82) is 0 Å². The fraction of sp³-hybridized carbons (Fsp3) is 0.364. The van der Waals surface area contributed by atoms with E-state index in [4.69, 9.17) is 35.0 Å². The summed E-state index contributed by atoms with van der Waals surface area (Å²) in [6.07, 6.45) is 6.30. The van der Waals surface area contributed by atoms with Crippen LogP contribution >= 0.6 is 0 Å². The first kappa shape index (κ1) is 44.3. The Morgan fingerprint density at radius 1 is 0.791 bits per heavy atom. The van der Waals surface area contributed by atoms with E-state index in [2.05, 4.69) is 50.9 Å². The summed E-state index contributed by atoms with van der Waals surface area (Å²) in [6.45, 7) is 9.11. The van der Waals surface area contributed by atoms with Crippen molar-refractivity contribution in [2.24, 2.45) is 11.5 Å². The molecule has 0 saturated carbocycles. The molecule has 0 unspecified atom stereocenters. The molecule has 2 aromatic carbocycles. The number of imidazole rings is 2. The summed E-state index contributed by atoms with van der Waals surface area (Å²) in [5, 5.41) is 25.6. The van der Waals surface area contributed by atoms with Crippen LogP contribution in [0, 0.1) is 13.8 Å². The highest BCUT2D eigenvalue weighted by molar-refractivity contribution is 6.05. The molecule has 67 heavy (non-hydrogen) atoms. The van der Waals surface area contributed by atoms with Gasteiger partial charge in [0.1, 0.15) is 45.7 Å². The molecule has 2 aliphatic rings. The third-order valence-corrected chi connectivity index (χ3v) is 11.8. The number of fused-ring (bicyclic) bond motifs is 3. The highest BCUT2D eigenvalue weighted by atomic mass is 16.5. The zero-order valence-electron chi connectivity index (χ0n) is 37.1. The number of amides is 4. The van der Waals surface area contributed by atoms with E-state index in [-0.39, 0.29) is 47.5 Å². The molecule has 7 heterocycles. The standard InChI is InChI=1S/C44H49N15O8/c1-24-17-31(54-66-24)41(62)50-43-48-29-19-27(38(45)60)21-33(64-3)36(29)58(43)11-4-5-12-59-37-30(49-44(59)51-42(63)32-18-25(2)67-55-32)20-28(39(46)61)22-34(37)65-16-6-10-56-13-7-26(8-14-56)40-53-52-35-23-47-9-15-57(35)40/h4-5,17-22,26,47H,6-16,23H2,1-3H3,(H2,45,60)(H2,46,61)(H,48,50,62)(H,49,51,63)/b5-4+. The minimum absolute atomic E-state index is 0.0383. The van der Waals surface area contributed by atoms with Gasteiger partial charge in [-0.2, -0.15) is 0 Å². The average molecular weight is 916 g/mol. The quantitative estimate of drug-likeness (QED) is 0.0647. The molecular weight excluding hydrogens is 867 g/mol. The number of benzene rings is 2. The van der Waals surface area contributed by atoms with Gasteiger partial charge in [-0.25, -0.2) is 9.97 Å². The molecular formula is C44H49N15O8. The molecule has 348 valence electrons. The number of nitrogens with two attached hydrogens (primary N) is 2. The van der Waals surface area contributed by atoms with Gasteiger partial charge >= 0.3 is 0 Å². The number of hydrogen-bond donors (Lipinski definition) is 5. The minimum Gasteiger partial charge on any atom is -0.494 e. The van der Waals surface area contributed by atoms with Crippen molar-refractivity contribution in [3.63, 3.8) is 0 Å². The van der Waals surface area contributed by atoms with Crippen LogP contribution in [-0.2, 0) is 26.2 Å². The van der Waals surface area contributed by atoms with E-state index in [1.807, 2.05) is 12.2 Å². The molecule has 2 aliphatic heterocycles. The number of methoxy groups -OCH3 is 1. The summed E-state index contributed by atoms with van der Waals surface area (Å²) >= 11 is 0. The lowest BCUT2D eigenvalue weighted by molar-refractivity contribution is 0.0991. The summed E-state index contributed by atoms with van der Waals surface area (Å²) < 4.78 is 28.1. The van der Waals surface area contributed by atoms with E-state index in [1.165, 1.54) is 31.4 Å². The lowest BCUT2D eigenvalue weighted by Gasteiger charge is -2.32. The zero-order valence-corrected chi connectivity index (χ0v) is 37.1. The second-order valence-corrected chi connectivity index (χ2v) is 16.4. The number of hydrogen-bond acceptors (Lipinski definition) is 16. The van der Waals surface area contributed by atoms with Crippen LogP contribution in [0.25, 0.3) is 22.1 Å². The van der Waals surface area contributed by atoms with Crippen LogP contribution in [0.2, 0.25) is 0 Å². The Balaban J connectivity index is 0.973. The van der Waals surface area contributed by atoms with Gasteiger partial charge in [0.2, 0.25) is 23.7 Å². The molecule has 1 saturated heterocycles. The van der Waals surface area contributed by atoms with E-state index in [0.717, 1.165) is 63.8 Å². The molecule has 23 heteroatoms. The number of rotatable bonds is 17. The number of ether oxygens (including phenoxy) is 2. The van der Waals surface area contributed by atoms with Gasteiger partial charge in [0.25, 0.3) is 11.8 Å². The predicted octanol–water partition coefficient (Wildman–Crippen LogP) is 3.29. The van der Waals surface area contributed by atoms with E-state index < -0.39 is 23.6 Å². The van der Waals surface area contributed by atoms with Crippen molar-refractivity contribution in [2.75, 3.05) is 50.5 Å². The largest absolute Gasteiger partial charge is 0.494 e. The van der Waals surface area contributed by atoms with Crippen LogP contribution in [0.15, 0.2) is 57.6 Å². The van der Waals surface area contributed by atoms with Crippen molar-refractivity contribution in [2.45, 2.75) is 65.2 Å². The van der Waals surface area contributed by atoms with Gasteiger partial charge in [-0.05, 0) is 70.5 Å². The van der Waals surface area contributed by atoms with E-state index >= 15 is 0 Å². The number of primary amides is 2. The van der Waals surface area contributed by atoms with Crippen molar-refractivity contribution >= 4 is 57.6 Å². The summed E-state index contributed by atoms with van der Waals surface area (Å²) in [4.78, 5) is 63.3. The second kappa shape index (κ2) is 18.9. The number of anilines is 2. The minimum atomic E-state index is -0.685. The van der Waals surface area contributed by atoms with Gasteiger partial charge in [0.15, 0.2) is 11.4 Å². The maximum atomic E-state index is 13.5. The van der Waals surface area contributed by atoms with Gasteiger partial charge in [-0.3, -0.25) is 29.8 Å². The highest BCUT2D eigenvalue weighted by Gasteiger charge is 2.28. The lowest BCUT2D eigenvalue weighted by Crippen LogP contribution is -2.36. The third kappa shape index (κ3) is 9.31. The molecule has 5 aromatic heterocycles. The van der Waals surface area contributed by atoms with Crippen molar-refractivity contribution in [1.82, 2.24) is 54.4 Å². The molecule has 1 fully saturated rings. The average Bonchev–Trinajstić information content (AvgIpc) is 4.17. The maximum Gasteiger partial charge on any atom is 0.280 e. The first-order valence-electron chi connectivity index (χ1n) is 21.8.